The molecule has 7 heteroatoms. The van der Waals surface area contributed by atoms with Crippen LogP contribution in [0.25, 0.3) is 21.2 Å². The highest BCUT2D eigenvalue weighted by Crippen LogP contribution is 2.35. The van der Waals surface area contributed by atoms with E-state index in [2.05, 4.69) is 46.7 Å². The molecule has 4 nitrogen and oxygen atoms in total. The number of rotatable bonds is 5. The van der Waals surface area contributed by atoms with Gasteiger partial charge in [0.1, 0.15) is 18.2 Å². The van der Waals surface area contributed by atoms with Crippen molar-refractivity contribution in [3.05, 3.63) is 52.4 Å². The average molecular weight is 463 g/mol. The Morgan fingerprint density at radius 1 is 1.13 bits per heavy atom. The number of ether oxygens (including phenoxy) is 2. The number of fused-ring (bicyclic) bond motifs is 1. The van der Waals surface area contributed by atoms with Crippen LogP contribution in [0.2, 0.25) is 4.34 Å². The molecule has 0 spiro atoms. The summed E-state index contributed by atoms with van der Waals surface area (Å²) in [5.74, 6) is 1.78. The van der Waals surface area contributed by atoms with Gasteiger partial charge in [-0.25, -0.2) is 0 Å². The van der Waals surface area contributed by atoms with Crippen molar-refractivity contribution in [3.8, 4) is 16.2 Å². The first-order chi connectivity index (χ1) is 14.3. The fourth-order valence-corrected chi connectivity index (χ4v) is 4.94. The topological polar surface area (TPSA) is 42.9 Å². The summed E-state index contributed by atoms with van der Waals surface area (Å²) in [6.07, 6.45) is 3.60. The molecule has 2 aliphatic heterocycles. The molecule has 1 saturated heterocycles. The van der Waals surface area contributed by atoms with Gasteiger partial charge in [-0.3, -0.25) is 4.99 Å². The van der Waals surface area contributed by atoms with Crippen LogP contribution in [-0.4, -0.2) is 38.2 Å². The molecule has 0 amide bonds. The average Bonchev–Trinajstić information content (AvgIpc) is 3.44. The smallest absolute Gasteiger partial charge is 0.132 e. The number of halogens is 2. The summed E-state index contributed by atoms with van der Waals surface area (Å²) in [6.45, 7) is 3.08. The number of aliphatic imine (C=N–C) groups is 1. The zero-order chi connectivity index (χ0) is 19.6. The lowest BCUT2D eigenvalue weighted by Gasteiger charge is -2.23. The van der Waals surface area contributed by atoms with Crippen molar-refractivity contribution in [3.63, 3.8) is 0 Å². The normalized spacial score (nSPS) is 18.6. The van der Waals surface area contributed by atoms with Gasteiger partial charge in [0.25, 0.3) is 0 Å². The lowest BCUT2D eigenvalue weighted by Crippen LogP contribution is -2.27. The number of nitrogens with one attached hydrogen (secondary N) is 1. The first kappa shape index (κ1) is 21.4. The predicted molar refractivity (Wildman–Crippen MR) is 128 cm³/mol. The second kappa shape index (κ2) is 9.56. The first-order valence-electron chi connectivity index (χ1n) is 10.1. The molecule has 3 aromatic rings. The van der Waals surface area contributed by atoms with E-state index in [1.807, 2.05) is 6.07 Å². The summed E-state index contributed by atoms with van der Waals surface area (Å²) >= 11 is 7.72. The quantitative estimate of drug-likeness (QED) is 0.509. The van der Waals surface area contributed by atoms with Gasteiger partial charge in [0, 0.05) is 18.0 Å². The maximum absolute atomic E-state index is 6.25. The molecule has 5 rings (SSSR count). The second-order valence-electron chi connectivity index (χ2n) is 7.47. The van der Waals surface area contributed by atoms with Gasteiger partial charge >= 0.3 is 0 Å². The van der Waals surface area contributed by atoms with Gasteiger partial charge in [-0.1, -0.05) is 23.7 Å². The number of nitrogens with zero attached hydrogens (tertiary/aromatic N) is 1. The fraction of sp³-hybridized carbons (Fsp3) is 0.348. The molecule has 2 aromatic carbocycles. The lowest BCUT2D eigenvalue weighted by atomic mass is 10.0. The summed E-state index contributed by atoms with van der Waals surface area (Å²) in [5.41, 5.74) is 2.19. The second-order valence-corrected chi connectivity index (χ2v) is 9.19. The SMILES string of the molecule is Cl.Clc1ccc(-c2ccc3cc(OCC4CCCCO4)c(C4=NCCN4)cc3c2)s1. The van der Waals surface area contributed by atoms with Crippen molar-refractivity contribution in [1.29, 1.82) is 0 Å². The third-order valence-corrected chi connectivity index (χ3v) is 6.70. The van der Waals surface area contributed by atoms with Crippen LogP contribution in [-0.2, 0) is 4.74 Å². The molecule has 0 saturated carbocycles. The molecule has 30 heavy (non-hydrogen) atoms. The fourth-order valence-electron chi connectivity index (χ4n) is 3.90. The van der Waals surface area contributed by atoms with Crippen LogP contribution in [0.1, 0.15) is 24.8 Å². The lowest BCUT2D eigenvalue weighted by molar-refractivity contribution is -0.0110. The van der Waals surface area contributed by atoms with Gasteiger partial charge in [0.2, 0.25) is 0 Å². The molecule has 158 valence electrons. The number of hydrogen-bond donors (Lipinski definition) is 1. The van der Waals surface area contributed by atoms with Gasteiger partial charge in [-0.05, 0) is 65.9 Å². The Kier molecular flexibility index (Phi) is 6.84. The van der Waals surface area contributed by atoms with Crippen LogP contribution < -0.4 is 10.1 Å². The highest BCUT2D eigenvalue weighted by molar-refractivity contribution is 7.19. The third-order valence-electron chi connectivity index (χ3n) is 5.42. The summed E-state index contributed by atoms with van der Waals surface area (Å²) in [5, 5.41) is 5.71. The van der Waals surface area contributed by atoms with Crippen LogP contribution >= 0.6 is 35.3 Å². The Balaban J connectivity index is 0.00000218. The summed E-state index contributed by atoms with van der Waals surface area (Å²) in [6, 6.07) is 14.8. The molecule has 1 unspecified atom stereocenters. The minimum Gasteiger partial charge on any atom is -0.490 e. The van der Waals surface area contributed by atoms with Gasteiger partial charge in [0.15, 0.2) is 0 Å². The monoisotopic (exact) mass is 462 g/mol. The van der Waals surface area contributed by atoms with E-state index in [0.29, 0.717) is 6.61 Å². The first-order valence-corrected chi connectivity index (χ1v) is 11.3. The molecule has 0 bridgehead atoms. The Morgan fingerprint density at radius 2 is 2.07 bits per heavy atom. The van der Waals surface area contributed by atoms with Crippen molar-refractivity contribution in [2.24, 2.45) is 4.99 Å². The van der Waals surface area contributed by atoms with E-state index in [9.17, 15) is 0 Å². The van der Waals surface area contributed by atoms with Gasteiger partial charge in [0.05, 0.1) is 22.5 Å². The van der Waals surface area contributed by atoms with Crippen molar-refractivity contribution >= 4 is 52.0 Å². The number of benzene rings is 2. The van der Waals surface area contributed by atoms with Crippen molar-refractivity contribution in [2.45, 2.75) is 25.4 Å². The summed E-state index contributed by atoms with van der Waals surface area (Å²) in [4.78, 5) is 5.80. The van der Waals surface area contributed by atoms with E-state index in [-0.39, 0.29) is 18.5 Å². The zero-order valence-electron chi connectivity index (χ0n) is 16.5. The van der Waals surface area contributed by atoms with E-state index >= 15 is 0 Å². The standard InChI is InChI=1S/C23H23ClN2O2S.ClH/c24-22-7-6-21(29-22)16-5-4-15-13-20(28-14-18-3-1-2-10-27-18)19(12-17(15)11-16)23-25-8-9-26-23;/h4-7,11-13,18H,1-3,8-10,14H2,(H,25,26);1H. The summed E-state index contributed by atoms with van der Waals surface area (Å²) < 4.78 is 12.9. The Morgan fingerprint density at radius 3 is 2.80 bits per heavy atom. The molecular formula is C23H24Cl2N2O2S. The minimum atomic E-state index is 0. The molecule has 0 radical (unpaired) electrons. The molecule has 3 heterocycles. The third kappa shape index (κ3) is 4.59. The van der Waals surface area contributed by atoms with Crippen molar-refractivity contribution < 1.29 is 9.47 Å². The predicted octanol–water partition coefficient (Wildman–Crippen LogP) is 5.94. The van der Waals surface area contributed by atoms with Crippen molar-refractivity contribution in [1.82, 2.24) is 5.32 Å². The van der Waals surface area contributed by atoms with Gasteiger partial charge in [-0.2, -0.15) is 0 Å². The zero-order valence-corrected chi connectivity index (χ0v) is 18.9. The molecular weight excluding hydrogens is 439 g/mol. The van der Waals surface area contributed by atoms with Crippen molar-refractivity contribution in [2.75, 3.05) is 26.3 Å². The van der Waals surface area contributed by atoms with E-state index in [1.54, 1.807) is 11.3 Å². The number of hydrogen-bond acceptors (Lipinski definition) is 5. The number of thiophene rings is 1. The van der Waals surface area contributed by atoms with Gasteiger partial charge in [-0.15, -0.1) is 23.7 Å². The van der Waals surface area contributed by atoms with Crippen LogP contribution in [0.15, 0.2) is 47.5 Å². The van der Waals surface area contributed by atoms with E-state index < -0.39 is 0 Å². The van der Waals surface area contributed by atoms with Crippen LogP contribution in [0.3, 0.4) is 0 Å². The van der Waals surface area contributed by atoms with E-state index in [1.165, 1.54) is 22.2 Å². The Bertz CT molecular complexity index is 1060. The highest BCUT2D eigenvalue weighted by atomic mass is 35.5. The Hall–Kier alpha value is -1.79. The number of amidine groups is 1. The molecule has 1 aromatic heterocycles. The van der Waals surface area contributed by atoms with Crippen LogP contribution in [0.5, 0.6) is 5.75 Å². The molecule has 1 N–H and O–H groups in total. The molecule has 0 aliphatic carbocycles. The minimum absolute atomic E-state index is 0. The maximum atomic E-state index is 6.25. The van der Waals surface area contributed by atoms with Gasteiger partial charge < -0.3 is 14.8 Å². The highest BCUT2D eigenvalue weighted by Gasteiger charge is 2.19. The summed E-state index contributed by atoms with van der Waals surface area (Å²) in [7, 11) is 0. The Labute approximate surface area is 191 Å². The van der Waals surface area contributed by atoms with E-state index in [0.717, 1.165) is 59.4 Å². The maximum Gasteiger partial charge on any atom is 0.132 e. The van der Waals surface area contributed by atoms with E-state index in [4.69, 9.17) is 21.1 Å². The molecule has 1 atom stereocenters. The molecule has 1 fully saturated rings. The molecule has 2 aliphatic rings. The van der Waals surface area contributed by atoms with Crippen LogP contribution in [0, 0.1) is 0 Å². The largest absolute Gasteiger partial charge is 0.490 e. The van der Waals surface area contributed by atoms with Crippen LogP contribution in [0.4, 0.5) is 0 Å².